The first kappa shape index (κ1) is 36.6. The van der Waals surface area contributed by atoms with Gasteiger partial charge in [0.05, 0.1) is 20.3 Å². The van der Waals surface area contributed by atoms with Crippen LogP contribution in [0.4, 0.5) is 0 Å². The standard InChI is InChI=1S/C36H40Cl2N4O6S/c1-41-14-15-42(2)25(21-41)22-47-36(44)34(23-8-6-5-7-9-23)40-18-26-11-13-33(49-26)35(43)48-31(17-27-28(37)19-39-20-29(27)38)24-10-12-30(45-3)32(16-24)46-4/h5-13,16,19-20,25,31,34,40H,14-15,17-18,21-22H2,1-4H3/p+1/t25-,31+,34?/m1/s1. The molecule has 2 N–H and O–H groups in total. The second-order valence-corrected chi connectivity index (χ2v) is 13.8. The number of aromatic amines is 1. The lowest BCUT2D eigenvalue weighted by molar-refractivity contribution is -0.377. The van der Waals surface area contributed by atoms with Crippen LogP contribution in [0.5, 0.6) is 11.5 Å². The quantitative estimate of drug-likeness (QED) is 0.165. The second kappa shape index (κ2) is 17.3. The molecule has 10 nitrogen and oxygen atoms in total. The van der Waals surface area contributed by atoms with E-state index in [9.17, 15) is 9.59 Å². The summed E-state index contributed by atoms with van der Waals surface area (Å²) in [6, 6.07) is 17.8. The fourth-order valence-electron chi connectivity index (χ4n) is 5.64. The fourth-order valence-corrected chi connectivity index (χ4v) is 7.01. The lowest BCUT2D eigenvalue weighted by Gasteiger charge is -2.37. The Labute approximate surface area is 300 Å². The molecule has 49 heavy (non-hydrogen) atoms. The van der Waals surface area contributed by atoms with Gasteiger partial charge in [-0.05, 0) is 49.5 Å². The molecule has 0 amide bonds. The topological polar surface area (TPSA) is 104 Å². The molecule has 4 aromatic rings. The Morgan fingerprint density at radius 3 is 2.41 bits per heavy atom. The third-order valence-electron chi connectivity index (χ3n) is 8.52. The zero-order valence-electron chi connectivity index (χ0n) is 27.9. The lowest BCUT2D eigenvalue weighted by Crippen LogP contribution is -2.52. The maximum absolute atomic E-state index is 13.6. The Balaban J connectivity index is 1.29. The molecule has 0 bridgehead atoms. The number of piperazine rings is 1. The fraction of sp³-hybridized carbons (Fsp3) is 0.361. The molecule has 1 aliphatic heterocycles. The van der Waals surface area contributed by atoms with Crippen LogP contribution < -0.4 is 19.8 Å². The Morgan fingerprint density at radius 2 is 1.69 bits per heavy atom. The first-order valence-electron chi connectivity index (χ1n) is 15.9. The van der Waals surface area contributed by atoms with E-state index in [1.54, 1.807) is 44.8 Å². The van der Waals surface area contributed by atoms with Crippen LogP contribution in [0, 0.1) is 0 Å². The van der Waals surface area contributed by atoms with Crippen LogP contribution in [0.25, 0.3) is 0 Å². The minimum absolute atomic E-state index is 0.125. The Kier molecular flexibility index (Phi) is 12.9. The zero-order chi connectivity index (χ0) is 34.9. The summed E-state index contributed by atoms with van der Waals surface area (Å²) in [5, 5.41) is 4.19. The molecule has 260 valence electrons. The normalized spacial score (nSPS) is 16.5. The van der Waals surface area contributed by atoms with Crippen LogP contribution in [0.3, 0.4) is 0 Å². The Bertz CT molecular complexity index is 1700. The molecule has 1 unspecified atom stereocenters. The van der Waals surface area contributed by atoms with E-state index in [1.807, 2.05) is 42.5 Å². The zero-order valence-corrected chi connectivity index (χ0v) is 30.2. The first-order chi connectivity index (χ1) is 23.7. The molecule has 3 heterocycles. The number of hydrogen-bond donors (Lipinski definition) is 1. The minimum Gasteiger partial charge on any atom is -0.493 e. The monoisotopic (exact) mass is 727 g/mol. The second-order valence-electron chi connectivity index (χ2n) is 11.9. The number of pyridine rings is 1. The van der Waals surface area contributed by atoms with Crippen LogP contribution in [0.15, 0.2) is 73.1 Å². The highest BCUT2D eigenvalue weighted by Gasteiger charge is 2.28. The third-order valence-corrected chi connectivity index (χ3v) is 10.3. The number of benzene rings is 2. The Morgan fingerprint density at radius 1 is 0.959 bits per heavy atom. The van der Waals surface area contributed by atoms with Crippen LogP contribution in [-0.2, 0) is 27.2 Å². The molecule has 0 spiro atoms. The van der Waals surface area contributed by atoms with Gasteiger partial charge in [-0.25, -0.2) is 14.6 Å². The van der Waals surface area contributed by atoms with Gasteiger partial charge in [-0.3, -0.25) is 10.2 Å². The number of thiophene rings is 1. The Hall–Kier alpha value is -3.71. The molecule has 3 atom stereocenters. The number of H-pyrrole nitrogens is 1. The number of methoxy groups -OCH3 is 2. The van der Waals surface area contributed by atoms with Crippen LogP contribution in [0.1, 0.15) is 43.4 Å². The summed E-state index contributed by atoms with van der Waals surface area (Å²) in [6.07, 6.45) is 2.73. The van der Waals surface area contributed by atoms with E-state index in [0.29, 0.717) is 50.7 Å². The van der Waals surface area contributed by atoms with Gasteiger partial charge in [0.15, 0.2) is 23.9 Å². The van der Waals surface area contributed by atoms with Gasteiger partial charge < -0.3 is 23.8 Å². The van der Waals surface area contributed by atoms with Gasteiger partial charge in [0, 0.05) is 43.0 Å². The van der Waals surface area contributed by atoms with Crippen molar-refractivity contribution >= 4 is 46.5 Å². The molecule has 0 saturated carbocycles. The number of carbonyl (C=O) groups excluding carboxylic acids is 2. The molecular formula is C36H41Cl2N4O6S+. The predicted molar refractivity (Wildman–Crippen MR) is 190 cm³/mol. The van der Waals surface area contributed by atoms with Crippen molar-refractivity contribution in [1.82, 2.24) is 15.1 Å². The lowest BCUT2D eigenvalue weighted by atomic mass is 10.0. The van der Waals surface area contributed by atoms with Crippen LogP contribution in [-0.4, -0.2) is 82.3 Å². The molecule has 1 saturated heterocycles. The SMILES string of the molecule is COc1ccc([C@H](Cc2c(Cl)c[nH+]cc2Cl)OC(=O)c2ccc(CNC(C(=O)OC[C@H]3CN(C)CCN3C)c3ccccc3)s2)cc1OC. The van der Waals surface area contributed by atoms with Crippen molar-refractivity contribution in [3.63, 3.8) is 0 Å². The van der Waals surface area contributed by atoms with Crippen LogP contribution >= 0.6 is 34.5 Å². The van der Waals surface area contributed by atoms with Gasteiger partial charge in [-0.1, -0.05) is 59.6 Å². The van der Waals surface area contributed by atoms with E-state index in [-0.39, 0.29) is 18.4 Å². The molecule has 0 radical (unpaired) electrons. The molecular weight excluding hydrogens is 687 g/mol. The number of carbonyl (C=O) groups is 2. The van der Waals surface area contributed by atoms with E-state index >= 15 is 0 Å². The number of esters is 2. The summed E-state index contributed by atoms with van der Waals surface area (Å²) in [7, 11) is 7.22. The summed E-state index contributed by atoms with van der Waals surface area (Å²) in [4.78, 5) is 35.6. The van der Waals surface area contributed by atoms with E-state index < -0.39 is 18.1 Å². The number of hydrogen-bond acceptors (Lipinski definition) is 10. The number of nitrogens with zero attached hydrogens (tertiary/aromatic N) is 2. The smallest absolute Gasteiger partial charge is 0.348 e. The largest absolute Gasteiger partial charge is 0.493 e. The molecule has 2 aromatic heterocycles. The van der Waals surface area contributed by atoms with Gasteiger partial charge in [0.25, 0.3) is 0 Å². The summed E-state index contributed by atoms with van der Waals surface area (Å²) >= 11 is 14.2. The van der Waals surface area contributed by atoms with Gasteiger partial charge in [-0.2, -0.15) is 0 Å². The van der Waals surface area contributed by atoms with Crippen molar-refractivity contribution in [3.05, 3.63) is 110 Å². The number of likely N-dealkylation sites (N-methyl/N-ethyl adjacent to an activating group) is 2. The van der Waals surface area contributed by atoms with Crippen molar-refractivity contribution in [2.45, 2.75) is 31.2 Å². The van der Waals surface area contributed by atoms with E-state index in [0.717, 1.165) is 30.1 Å². The van der Waals surface area contributed by atoms with E-state index in [2.05, 4.69) is 34.2 Å². The van der Waals surface area contributed by atoms with Crippen molar-refractivity contribution in [2.24, 2.45) is 0 Å². The van der Waals surface area contributed by atoms with E-state index in [1.165, 1.54) is 11.3 Å². The first-order valence-corrected chi connectivity index (χ1v) is 17.4. The highest BCUT2D eigenvalue weighted by atomic mass is 35.5. The molecule has 0 aliphatic carbocycles. The third kappa shape index (κ3) is 9.50. The molecule has 1 fully saturated rings. The number of nitrogens with one attached hydrogen (secondary N) is 2. The van der Waals surface area contributed by atoms with Crippen molar-refractivity contribution in [1.29, 1.82) is 0 Å². The van der Waals surface area contributed by atoms with E-state index in [4.69, 9.17) is 42.1 Å². The highest BCUT2D eigenvalue weighted by Crippen LogP contribution is 2.35. The van der Waals surface area contributed by atoms with Crippen molar-refractivity contribution in [2.75, 3.05) is 54.6 Å². The van der Waals surface area contributed by atoms with Crippen molar-refractivity contribution < 1.29 is 33.5 Å². The number of halogens is 2. The van der Waals surface area contributed by atoms with Gasteiger partial charge >= 0.3 is 11.9 Å². The average Bonchev–Trinajstić information content (AvgIpc) is 3.59. The maximum Gasteiger partial charge on any atom is 0.348 e. The van der Waals surface area contributed by atoms with Gasteiger partial charge in [-0.15, -0.1) is 11.3 Å². The number of ether oxygens (including phenoxy) is 4. The molecule has 1 aliphatic rings. The maximum atomic E-state index is 13.6. The van der Waals surface area contributed by atoms with Crippen LogP contribution in [0.2, 0.25) is 10.0 Å². The number of rotatable bonds is 14. The average molecular weight is 729 g/mol. The summed E-state index contributed by atoms with van der Waals surface area (Å²) in [6.45, 7) is 3.38. The van der Waals surface area contributed by atoms with Gasteiger partial charge in [0.1, 0.15) is 33.7 Å². The highest BCUT2D eigenvalue weighted by molar-refractivity contribution is 7.13. The molecule has 5 rings (SSSR count). The predicted octanol–water partition coefficient (Wildman–Crippen LogP) is 5.65. The summed E-state index contributed by atoms with van der Waals surface area (Å²) < 4.78 is 22.9. The summed E-state index contributed by atoms with van der Waals surface area (Å²) in [5.74, 6) is 0.182. The molecule has 2 aromatic carbocycles. The minimum atomic E-state index is -0.742. The number of aromatic nitrogens is 1. The van der Waals surface area contributed by atoms with Crippen molar-refractivity contribution in [3.8, 4) is 11.5 Å². The van der Waals surface area contributed by atoms with Gasteiger partial charge in [0.2, 0.25) is 0 Å². The molecule has 13 heteroatoms. The summed E-state index contributed by atoms with van der Waals surface area (Å²) in [5.41, 5.74) is 2.11.